The van der Waals surface area contributed by atoms with Crippen LogP contribution in [0.15, 0.2) is 10.5 Å². The number of thiazole rings is 1. The second kappa shape index (κ2) is 6.10. The van der Waals surface area contributed by atoms with E-state index >= 15 is 0 Å². The summed E-state index contributed by atoms with van der Waals surface area (Å²) in [5, 5.41) is 14.3. The Labute approximate surface area is 136 Å². The number of ether oxygens (including phenoxy) is 1. The Morgan fingerprint density at radius 3 is 2.90 bits per heavy atom. The fourth-order valence-electron chi connectivity index (χ4n) is 2.80. The first kappa shape index (κ1) is 15.1. The molecule has 0 spiro atoms. The third kappa shape index (κ3) is 2.89. The number of nitrogens with zero attached hydrogens (tertiary/aromatic N) is 1. The summed E-state index contributed by atoms with van der Waals surface area (Å²) in [4.78, 5) is 4.66. The summed E-state index contributed by atoms with van der Waals surface area (Å²) in [6, 6.07) is 2.06. The van der Waals surface area contributed by atoms with Crippen LogP contribution >= 0.6 is 27.3 Å². The van der Waals surface area contributed by atoms with Crippen molar-refractivity contribution in [2.24, 2.45) is 0 Å². The lowest BCUT2D eigenvalue weighted by Crippen LogP contribution is -2.36. The van der Waals surface area contributed by atoms with Gasteiger partial charge < -0.3 is 15.2 Å². The number of aryl methyl sites for hydroxylation is 1. The molecule has 1 heterocycles. The van der Waals surface area contributed by atoms with Crippen molar-refractivity contribution < 1.29 is 9.84 Å². The van der Waals surface area contributed by atoms with E-state index < -0.39 is 0 Å². The predicted molar refractivity (Wildman–Crippen MR) is 90.5 cm³/mol. The standard InChI is InChI=1S/C15H19BrN2O2S/c1-8-9(16)7-12(20-2)13-14(8)21-15(18-13)17-10-5-3-4-6-11(10)19/h7,10-11,19H,3-6H2,1-2H3,(H,17,18)/t10-,11-/m0/s1. The molecule has 1 aliphatic rings. The maximum atomic E-state index is 10.1. The fourth-order valence-corrected chi connectivity index (χ4v) is 4.38. The van der Waals surface area contributed by atoms with E-state index in [4.69, 9.17) is 4.74 Å². The van der Waals surface area contributed by atoms with Gasteiger partial charge in [-0.2, -0.15) is 0 Å². The van der Waals surface area contributed by atoms with Gasteiger partial charge in [-0.25, -0.2) is 4.98 Å². The number of hydrogen-bond acceptors (Lipinski definition) is 5. The van der Waals surface area contributed by atoms with E-state index in [2.05, 4.69) is 33.2 Å². The van der Waals surface area contributed by atoms with Gasteiger partial charge in [-0.05, 0) is 31.4 Å². The summed E-state index contributed by atoms with van der Waals surface area (Å²) in [5.41, 5.74) is 2.05. The molecule has 1 aromatic carbocycles. The molecule has 0 amide bonds. The normalized spacial score (nSPS) is 22.5. The number of hydrogen-bond donors (Lipinski definition) is 2. The topological polar surface area (TPSA) is 54.4 Å². The van der Waals surface area contributed by atoms with E-state index in [1.165, 1.54) is 5.56 Å². The molecule has 6 heteroatoms. The largest absolute Gasteiger partial charge is 0.494 e. The van der Waals surface area contributed by atoms with E-state index in [0.717, 1.165) is 51.3 Å². The van der Waals surface area contributed by atoms with E-state index in [9.17, 15) is 5.11 Å². The van der Waals surface area contributed by atoms with Gasteiger partial charge >= 0.3 is 0 Å². The summed E-state index contributed by atoms with van der Waals surface area (Å²) in [5.74, 6) is 0.774. The van der Waals surface area contributed by atoms with Gasteiger partial charge in [0, 0.05) is 4.47 Å². The lowest BCUT2D eigenvalue weighted by Gasteiger charge is -2.27. The highest BCUT2D eigenvalue weighted by molar-refractivity contribution is 9.10. The van der Waals surface area contributed by atoms with Crippen LogP contribution in [0.25, 0.3) is 10.2 Å². The smallest absolute Gasteiger partial charge is 0.184 e. The first-order valence-electron chi connectivity index (χ1n) is 7.18. The van der Waals surface area contributed by atoms with E-state index in [1.54, 1.807) is 18.4 Å². The minimum Gasteiger partial charge on any atom is -0.494 e. The quantitative estimate of drug-likeness (QED) is 0.853. The number of nitrogens with one attached hydrogen (secondary N) is 1. The molecule has 1 aliphatic carbocycles. The molecule has 21 heavy (non-hydrogen) atoms. The minimum absolute atomic E-state index is 0.106. The molecule has 2 aromatic rings. The van der Waals surface area contributed by atoms with Crippen LogP contribution in [0.2, 0.25) is 0 Å². The second-order valence-corrected chi connectivity index (χ2v) is 7.34. The van der Waals surface area contributed by atoms with Gasteiger partial charge in [-0.15, -0.1) is 0 Å². The van der Waals surface area contributed by atoms with Crippen LogP contribution in [0.1, 0.15) is 31.2 Å². The van der Waals surface area contributed by atoms with Gasteiger partial charge in [0.25, 0.3) is 0 Å². The molecule has 1 fully saturated rings. The van der Waals surface area contributed by atoms with Crippen LogP contribution in [-0.4, -0.2) is 29.3 Å². The maximum absolute atomic E-state index is 10.1. The molecule has 3 rings (SSSR count). The van der Waals surface area contributed by atoms with E-state index in [0.29, 0.717) is 0 Å². The molecule has 4 nitrogen and oxygen atoms in total. The maximum Gasteiger partial charge on any atom is 0.184 e. The molecule has 2 atom stereocenters. The number of fused-ring (bicyclic) bond motifs is 1. The number of benzene rings is 1. The van der Waals surface area contributed by atoms with Gasteiger partial charge in [0.05, 0.1) is 24.0 Å². The fraction of sp³-hybridized carbons (Fsp3) is 0.533. The third-order valence-electron chi connectivity index (χ3n) is 4.08. The number of aromatic nitrogens is 1. The van der Waals surface area contributed by atoms with Gasteiger partial charge in [-0.3, -0.25) is 0 Å². The monoisotopic (exact) mass is 370 g/mol. The Kier molecular flexibility index (Phi) is 4.38. The predicted octanol–water partition coefficient (Wildman–Crippen LogP) is 4.09. The molecule has 0 unspecified atom stereocenters. The Morgan fingerprint density at radius 1 is 1.43 bits per heavy atom. The molecule has 1 saturated carbocycles. The molecular weight excluding hydrogens is 352 g/mol. The molecule has 114 valence electrons. The average Bonchev–Trinajstić information content (AvgIpc) is 2.89. The van der Waals surface area contributed by atoms with Crippen LogP contribution in [0.3, 0.4) is 0 Å². The number of aliphatic hydroxyl groups excluding tert-OH is 1. The highest BCUT2D eigenvalue weighted by Crippen LogP contribution is 2.39. The van der Waals surface area contributed by atoms with Gasteiger partial charge in [0.15, 0.2) is 5.13 Å². The molecule has 2 N–H and O–H groups in total. The third-order valence-corrected chi connectivity index (χ3v) is 6.01. The van der Waals surface area contributed by atoms with Crippen LogP contribution in [0, 0.1) is 6.92 Å². The number of rotatable bonds is 3. The minimum atomic E-state index is -0.277. The average molecular weight is 371 g/mol. The van der Waals surface area contributed by atoms with Crippen molar-refractivity contribution in [3.63, 3.8) is 0 Å². The zero-order valence-corrected chi connectivity index (χ0v) is 14.6. The van der Waals surface area contributed by atoms with Crippen molar-refractivity contribution in [2.75, 3.05) is 12.4 Å². The summed E-state index contributed by atoms with van der Waals surface area (Å²) in [6.45, 7) is 2.07. The van der Waals surface area contributed by atoms with Crippen molar-refractivity contribution in [1.82, 2.24) is 4.98 Å². The van der Waals surface area contributed by atoms with Crippen molar-refractivity contribution in [3.05, 3.63) is 16.1 Å². The van der Waals surface area contributed by atoms with E-state index in [-0.39, 0.29) is 12.1 Å². The molecular formula is C15H19BrN2O2S. The first-order valence-corrected chi connectivity index (χ1v) is 8.79. The van der Waals surface area contributed by atoms with E-state index in [1.807, 2.05) is 6.07 Å². The Morgan fingerprint density at radius 2 is 2.19 bits per heavy atom. The Balaban J connectivity index is 1.95. The van der Waals surface area contributed by atoms with Crippen molar-refractivity contribution in [1.29, 1.82) is 0 Å². The molecule has 1 aromatic heterocycles. The molecule has 0 bridgehead atoms. The van der Waals surface area contributed by atoms with Crippen molar-refractivity contribution in [3.8, 4) is 5.75 Å². The SMILES string of the molecule is COc1cc(Br)c(C)c2sc(N[C@H]3CCCC[C@@H]3O)nc12. The van der Waals surface area contributed by atoms with Crippen LogP contribution < -0.4 is 10.1 Å². The zero-order chi connectivity index (χ0) is 15.0. The summed E-state index contributed by atoms with van der Waals surface area (Å²) < 4.78 is 7.57. The van der Waals surface area contributed by atoms with Crippen molar-refractivity contribution in [2.45, 2.75) is 44.8 Å². The molecule has 0 aliphatic heterocycles. The van der Waals surface area contributed by atoms with Crippen LogP contribution in [-0.2, 0) is 0 Å². The second-order valence-electron chi connectivity index (χ2n) is 5.49. The lowest BCUT2D eigenvalue weighted by molar-refractivity contribution is 0.116. The Bertz CT molecular complexity index is 659. The van der Waals surface area contributed by atoms with Gasteiger partial charge in [-0.1, -0.05) is 40.1 Å². The number of aliphatic hydroxyl groups is 1. The van der Waals surface area contributed by atoms with Crippen molar-refractivity contribution >= 4 is 42.6 Å². The highest BCUT2D eigenvalue weighted by Gasteiger charge is 2.24. The summed E-state index contributed by atoms with van der Waals surface area (Å²) in [7, 11) is 1.66. The Hall–Kier alpha value is -0.850. The number of methoxy groups -OCH3 is 1. The summed E-state index contributed by atoms with van der Waals surface area (Å²) in [6.07, 6.45) is 3.86. The molecule has 0 saturated heterocycles. The lowest BCUT2D eigenvalue weighted by atomic mass is 9.93. The molecule has 0 radical (unpaired) electrons. The zero-order valence-electron chi connectivity index (χ0n) is 12.1. The number of halogens is 1. The van der Waals surface area contributed by atoms with Crippen LogP contribution in [0.5, 0.6) is 5.75 Å². The summed E-state index contributed by atoms with van der Waals surface area (Å²) >= 11 is 5.18. The van der Waals surface area contributed by atoms with Gasteiger partial charge in [0.1, 0.15) is 11.3 Å². The van der Waals surface area contributed by atoms with Gasteiger partial charge in [0.2, 0.25) is 0 Å². The van der Waals surface area contributed by atoms with Crippen LogP contribution in [0.4, 0.5) is 5.13 Å². The number of anilines is 1. The first-order chi connectivity index (χ1) is 10.1. The highest BCUT2D eigenvalue weighted by atomic mass is 79.9.